The fourth-order valence-electron chi connectivity index (χ4n) is 3.07. The second kappa shape index (κ2) is 9.09. The zero-order valence-electron chi connectivity index (χ0n) is 17.1. The molecule has 8 heteroatoms. The molecule has 0 aliphatic rings. The van der Waals surface area contributed by atoms with Gasteiger partial charge in [0.05, 0.1) is 7.11 Å². The van der Waals surface area contributed by atoms with E-state index in [-0.39, 0.29) is 6.61 Å². The molecule has 0 aliphatic heterocycles. The van der Waals surface area contributed by atoms with Crippen molar-refractivity contribution in [3.8, 4) is 17.2 Å². The predicted octanol–water partition coefficient (Wildman–Crippen LogP) is 4.57. The minimum absolute atomic E-state index is 0.180. The molecule has 0 saturated heterocycles. The third-order valence-corrected chi connectivity index (χ3v) is 5.78. The van der Waals surface area contributed by atoms with Crippen LogP contribution < -0.4 is 9.47 Å². The molecule has 4 rings (SSSR count). The average molecular weight is 436 g/mol. The Morgan fingerprint density at radius 1 is 1.03 bits per heavy atom. The molecular formula is C23H21N3O4S. The van der Waals surface area contributed by atoms with Gasteiger partial charge in [-0.25, -0.2) is 0 Å². The minimum atomic E-state index is -0.914. The summed E-state index contributed by atoms with van der Waals surface area (Å²) in [5.74, 6) is 1.09. The minimum Gasteiger partial charge on any atom is -0.497 e. The Hall–Kier alpha value is -3.52. The molecule has 0 saturated carbocycles. The van der Waals surface area contributed by atoms with Crippen LogP contribution in [0.3, 0.4) is 0 Å². The van der Waals surface area contributed by atoms with Crippen LogP contribution in [0.25, 0.3) is 16.5 Å². The lowest BCUT2D eigenvalue weighted by Crippen LogP contribution is -2.13. The number of carboxylic acid groups (broad SMARTS) is 1. The quantitative estimate of drug-likeness (QED) is 0.406. The summed E-state index contributed by atoms with van der Waals surface area (Å²) >= 11 is 1.13. The first-order valence-corrected chi connectivity index (χ1v) is 10.5. The number of methoxy groups -OCH3 is 1. The molecule has 1 heterocycles. The van der Waals surface area contributed by atoms with Crippen molar-refractivity contribution >= 4 is 28.5 Å². The van der Waals surface area contributed by atoms with E-state index in [0.29, 0.717) is 11.0 Å². The monoisotopic (exact) mass is 435 g/mol. The normalized spacial score (nSPS) is 11.9. The molecule has 0 bridgehead atoms. The van der Waals surface area contributed by atoms with Gasteiger partial charge in [-0.1, -0.05) is 42.1 Å². The fourth-order valence-corrected chi connectivity index (χ4v) is 3.90. The largest absolute Gasteiger partial charge is 0.497 e. The summed E-state index contributed by atoms with van der Waals surface area (Å²) in [6, 6.07) is 21.4. The maximum Gasteiger partial charge on any atom is 0.316 e. The molecule has 31 heavy (non-hydrogen) atoms. The van der Waals surface area contributed by atoms with Gasteiger partial charge in [0.1, 0.15) is 23.4 Å². The second-order valence-corrected chi connectivity index (χ2v) is 8.14. The first kappa shape index (κ1) is 20.7. The van der Waals surface area contributed by atoms with Gasteiger partial charge in [0.25, 0.3) is 0 Å². The SMILES string of the molecule is COc1ccc(-n2c(COc3ccc4ccccc4c3)nnc2SC(C)C(=O)O)cc1. The lowest BCUT2D eigenvalue weighted by molar-refractivity contribution is -0.136. The van der Waals surface area contributed by atoms with E-state index in [1.165, 1.54) is 0 Å². The molecule has 3 aromatic carbocycles. The summed E-state index contributed by atoms with van der Waals surface area (Å²) in [6.07, 6.45) is 0. The molecule has 1 unspecified atom stereocenters. The number of benzene rings is 3. The Labute approximate surface area is 183 Å². The molecule has 1 atom stereocenters. The molecule has 0 amide bonds. The van der Waals surface area contributed by atoms with Crippen LogP contribution in [-0.4, -0.2) is 38.2 Å². The Kier molecular flexibility index (Phi) is 6.08. The Morgan fingerprint density at radius 2 is 1.74 bits per heavy atom. The molecule has 0 aliphatic carbocycles. The van der Waals surface area contributed by atoms with Gasteiger partial charge in [-0.2, -0.15) is 0 Å². The smallest absolute Gasteiger partial charge is 0.316 e. The molecule has 0 radical (unpaired) electrons. The number of fused-ring (bicyclic) bond motifs is 1. The van der Waals surface area contributed by atoms with Gasteiger partial charge in [0.15, 0.2) is 11.0 Å². The number of aromatic nitrogens is 3. The lowest BCUT2D eigenvalue weighted by atomic mass is 10.1. The number of hydrogen-bond acceptors (Lipinski definition) is 6. The molecule has 1 N–H and O–H groups in total. The fraction of sp³-hybridized carbons (Fsp3) is 0.174. The molecule has 7 nitrogen and oxygen atoms in total. The van der Waals surface area contributed by atoms with E-state index in [1.807, 2.05) is 71.3 Å². The maximum absolute atomic E-state index is 11.3. The Bertz CT molecular complexity index is 1210. The van der Waals surface area contributed by atoms with Crippen molar-refractivity contribution in [2.24, 2.45) is 0 Å². The van der Waals surface area contributed by atoms with Crippen LogP contribution in [0.4, 0.5) is 0 Å². The summed E-state index contributed by atoms with van der Waals surface area (Å²) in [4.78, 5) is 11.3. The Morgan fingerprint density at radius 3 is 2.45 bits per heavy atom. The zero-order chi connectivity index (χ0) is 21.8. The molecule has 1 aromatic heterocycles. The number of hydrogen-bond donors (Lipinski definition) is 1. The van der Waals surface area contributed by atoms with Crippen molar-refractivity contribution in [1.82, 2.24) is 14.8 Å². The summed E-state index contributed by atoms with van der Waals surface area (Å²) in [7, 11) is 1.60. The topological polar surface area (TPSA) is 86.5 Å². The Balaban J connectivity index is 1.63. The number of ether oxygens (including phenoxy) is 2. The van der Waals surface area contributed by atoms with Crippen molar-refractivity contribution in [1.29, 1.82) is 0 Å². The van der Waals surface area contributed by atoms with Gasteiger partial charge in [-0.3, -0.25) is 9.36 Å². The molecule has 158 valence electrons. The van der Waals surface area contributed by atoms with Gasteiger partial charge < -0.3 is 14.6 Å². The molecule has 0 fully saturated rings. The van der Waals surface area contributed by atoms with Gasteiger partial charge >= 0.3 is 5.97 Å². The van der Waals surface area contributed by atoms with Crippen molar-refractivity contribution < 1.29 is 19.4 Å². The predicted molar refractivity (Wildman–Crippen MR) is 119 cm³/mol. The van der Waals surface area contributed by atoms with Crippen LogP contribution in [0.2, 0.25) is 0 Å². The van der Waals surface area contributed by atoms with Gasteiger partial charge in [-0.15, -0.1) is 10.2 Å². The first-order chi connectivity index (χ1) is 15.0. The van der Waals surface area contributed by atoms with Crippen LogP contribution in [0.5, 0.6) is 11.5 Å². The number of carboxylic acids is 1. The highest BCUT2D eigenvalue weighted by Gasteiger charge is 2.21. The number of rotatable bonds is 8. The number of aliphatic carboxylic acids is 1. The third kappa shape index (κ3) is 4.64. The highest BCUT2D eigenvalue weighted by Crippen LogP contribution is 2.28. The molecule has 4 aromatic rings. The standard InChI is InChI=1S/C23H21N3O4S/c1-15(22(27)28)31-23-25-24-21(26(23)18-8-11-19(29-2)12-9-18)14-30-20-10-7-16-5-3-4-6-17(16)13-20/h3-13,15H,14H2,1-2H3,(H,27,28). The highest BCUT2D eigenvalue weighted by atomic mass is 32.2. The van der Waals surface area contributed by atoms with E-state index >= 15 is 0 Å². The van der Waals surface area contributed by atoms with E-state index in [9.17, 15) is 9.90 Å². The van der Waals surface area contributed by atoms with Crippen LogP contribution in [0.15, 0.2) is 71.9 Å². The van der Waals surface area contributed by atoms with E-state index in [1.54, 1.807) is 14.0 Å². The number of carbonyl (C=O) groups is 1. The van der Waals surface area contributed by atoms with Gasteiger partial charge in [0.2, 0.25) is 0 Å². The van der Waals surface area contributed by atoms with Crippen LogP contribution in [0.1, 0.15) is 12.7 Å². The van der Waals surface area contributed by atoms with Crippen LogP contribution >= 0.6 is 11.8 Å². The summed E-state index contributed by atoms with van der Waals surface area (Å²) in [5.41, 5.74) is 0.794. The lowest BCUT2D eigenvalue weighted by Gasteiger charge is -2.13. The first-order valence-electron chi connectivity index (χ1n) is 9.65. The van der Waals surface area contributed by atoms with E-state index in [2.05, 4.69) is 10.2 Å². The van der Waals surface area contributed by atoms with E-state index in [0.717, 1.165) is 39.7 Å². The second-order valence-electron chi connectivity index (χ2n) is 6.83. The number of nitrogens with zero attached hydrogens (tertiary/aromatic N) is 3. The third-order valence-electron chi connectivity index (χ3n) is 4.75. The summed E-state index contributed by atoms with van der Waals surface area (Å²) in [6.45, 7) is 1.80. The van der Waals surface area contributed by atoms with E-state index < -0.39 is 11.2 Å². The van der Waals surface area contributed by atoms with Crippen molar-refractivity contribution in [2.75, 3.05) is 7.11 Å². The van der Waals surface area contributed by atoms with Crippen molar-refractivity contribution in [2.45, 2.75) is 23.9 Å². The number of thioether (sulfide) groups is 1. The van der Waals surface area contributed by atoms with Gasteiger partial charge in [0, 0.05) is 5.69 Å². The highest BCUT2D eigenvalue weighted by molar-refractivity contribution is 8.00. The summed E-state index contributed by atoms with van der Waals surface area (Å²) in [5, 5.41) is 19.8. The molecular weight excluding hydrogens is 414 g/mol. The summed E-state index contributed by atoms with van der Waals surface area (Å²) < 4.78 is 13.0. The maximum atomic E-state index is 11.3. The van der Waals surface area contributed by atoms with Crippen LogP contribution in [-0.2, 0) is 11.4 Å². The zero-order valence-corrected chi connectivity index (χ0v) is 17.9. The van der Waals surface area contributed by atoms with E-state index in [4.69, 9.17) is 9.47 Å². The van der Waals surface area contributed by atoms with Gasteiger partial charge in [-0.05, 0) is 54.1 Å². The molecule has 0 spiro atoms. The van der Waals surface area contributed by atoms with Crippen molar-refractivity contribution in [3.05, 3.63) is 72.6 Å². The average Bonchev–Trinajstić information content (AvgIpc) is 3.19. The van der Waals surface area contributed by atoms with Crippen LogP contribution in [0, 0.1) is 0 Å². The van der Waals surface area contributed by atoms with Crippen molar-refractivity contribution in [3.63, 3.8) is 0 Å².